The molecule has 5 heteroatoms. The number of hydrogen-bond donors (Lipinski definition) is 2. The summed E-state index contributed by atoms with van der Waals surface area (Å²) in [5.74, 6) is 0.00773. The molecule has 2 aromatic rings. The standard InChI is InChI=1S/C10H9FN4/c11-8-4-2-1-3-6(8)7-5-9(12)14-15-10(7)13/h1-5H,(H2,12,14)(H2,13,15). The van der Waals surface area contributed by atoms with E-state index in [9.17, 15) is 4.39 Å². The number of halogens is 1. The average molecular weight is 204 g/mol. The van der Waals surface area contributed by atoms with Gasteiger partial charge in [-0.3, -0.25) is 0 Å². The van der Waals surface area contributed by atoms with Gasteiger partial charge in [0.05, 0.1) is 0 Å². The van der Waals surface area contributed by atoms with E-state index >= 15 is 0 Å². The van der Waals surface area contributed by atoms with Crippen LogP contribution in [0.2, 0.25) is 0 Å². The molecule has 1 aromatic heterocycles. The molecule has 15 heavy (non-hydrogen) atoms. The van der Waals surface area contributed by atoms with Crippen LogP contribution in [0.1, 0.15) is 0 Å². The van der Waals surface area contributed by atoms with Crippen LogP contribution in [0.5, 0.6) is 0 Å². The first-order valence-corrected chi connectivity index (χ1v) is 4.32. The molecule has 4 nitrogen and oxygen atoms in total. The van der Waals surface area contributed by atoms with Gasteiger partial charge in [-0.25, -0.2) is 4.39 Å². The van der Waals surface area contributed by atoms with Gasteiger partial charge in [0.1, 0.15) is 11.6 Å². The van der Waals surface area contributed by atoms with E-state index in [0.717, 1.165) is 0 Å². The largest absolute Gasteiger partial charge is 0.382 e. The van der Waals surface area contributed by atoms with E-state index in [1.807, 2.05) is 0 Å². The molecule has 0 saturated heterocycles. The maximum atomic E-state index is 13.4. The molecule has 76 valence electrons. The van der Waals surface area contributed by atoms with Crippen LogP contribution in [-0.4, -0.2) is 10.2 Å². The fraction of sp³-hybridized carbons (Fsp3) is 0. The molecule has 0 unspecified atom stereocenters. The Morgan fingerprint density at radius 3 is 2.47 bits per heavy atom. The van der Waals surface area contributed by atoms with Crippen molar-refractivity contribution in [3.63, 3.8) is 0 Å². The second-order valence-electron chi connectivity index (χ2n) is 3.05. The number of rotatable bonds is 1. The second-order valence-corrected chi connectivity index (χ2v) is 3.05. The van der Waals surface area contributed by atoms with Crippen LogP contribution in [0.3, 0.4) is 0 Å². The SMILES string of the molecule is Nc1cc(-c2ccccc2F)c(N)nn1. The Morgan fingerprint density at radius 2 is 1.73 bits per heavy atom. The summed E-state index contributed by atoms with van der Waals surface area (Å²) in [7, 11) is 0. The van der Waals surface area contributed by atoms with Crippen LogP contribution in [0.15, 0.2) is 30.3 Å². The first-order valence-electron chi connectivity index (χ1n) is 4.32. The van der Waals surface area contributed by atoms with Crippen molar-refractivity contribution in [1.82, 2.24) is 10.2 Å². The van der Waals surface area contributed by atoms with Gasteiger partial charge < -0.3 is 11.5 Å². The normalized spacial score (nSPS) is 10.2. The van der Waals surface area contributed by atoms with E-state index < -0.39 is 0 Å². The average Bonchev–Trinajstić information content (AvgIpc) is 2.23. The highest BCUT2D eigenvalue weighted by molar-refractivity contribution is 5.75. The number of nitrogen functional groups attached to an aromatic ring is 2. The maximum Gasteiger partial charge on any atom is 0.154 e. The summed E-state index contributed by atoms with van der Waals surface area (Å²) in [4.78, 5) is 0. The molecule has 0 atom stereocenters. The van der Waals surface area contributed by atoms with Crippen LogP contribution >= 0.6 is 0 Å². The molecule has 4 N–H and O–H groups in total. The predicted octanol–water partition coefficient (Wildman–Crippen LogP) is 1.45. The van der Waals surface area contributed by atoms with Crippen molar-refractivity contribution in [2.75, 3.05) is 11.5 Å². The lowest BCUT2D eigenvalue weighted by atomic mass is 10.1. The van der Waals surface area contributed by atoms with Gasteiger partial charge in [-0.2, -0.15) is 0 Å². The molecule has 2 rings (SSSR count). The minimum atomic E-state index is -0.364. The molecular formula is C10H9FN4. The number of benzene rings is 1. The number of nitrogens with zero attached hydrogens (tertiary/aromatic N) is 2. The minimum Gasteiger partial charge on any atom is -0.382 e. The Balaban J connectivity index is 2.64. The first kappa shape index (κ1) is 9.39. The second kappa shape index (κ2) is 3.53. The van der Waals surface area contributed by atoms with Gasteiger partial charge in [-0.05, 0) is 12.1 Å². The van der Waals surface area contributed by atoms with E-state index in [1.54, 1.807) is 18.2 Å². The van der Waals surface area contributed by atoms with Crippen molar-refractivity contribution in [2.24, 2.45) is 0 Å². The van der Waals surface area contributed by atoms with Crippen molar-refractivity contribution in [1.29, 1.82) is 0 Å². The zero-order valence-corrected chi connectivity index (χ0v) is 7.81. The van der Waals surface area contributed by atoms with E-state index in [4.69, 9.17) is 11.5 Å². The van der Waals surface area contributed by atoms with Crippen molar-refractivity contribution >= 4 is 11.6 Å². The highest BCUT2D eigenvalue weighted by Gasteiger charge is 2.09. The Morgan fingerprint density at radius 1 is 1.00 bits per heavy atom. The smallest absolute Gasteiger partial charge is 0.154 e. The third-order valence-corrected chi connectivity index (χ3v) is 2.01. The lowest BCUT2D eigenvalue weighted by Crippen LogP contribution is -2.01. The van der Waals surface area contributed by atoms with Gasteiger partial charge in [-0.15, -0.1) is 10.2 Å². The van der Waals surface area contributed by atoms with E-state index in [2.05, 4.69) is 10.2 Å². The molecular weight excluding hydrogens is 195 g/mol. The lowest BCUT2D eigenvalue weighted by molar-refractivity contribution is 0.631. The van der Waals surface area contributed by atoms with Crippen LogP contribution in [0.25, 0.3) is 11.1 Å². The van der Waals surface area contributed by atoms with Gasteiger partial charge in [-0.1, -0.05) is 18.2 Å². The van der Waals surface area contributed by atoms with Crippen molar-refractivity contribution < 1.29 is 4.39 Å². The Hall–Kier alpha value is -2.17. The van der Waals surface area contributed by atoms with Crippen molar-refractivity contribution in [3.8, 4) is 11.1 Å². The summed E-state index contributed by atoms with van der Waals surface area (Å²) in [5, 5.41) is 7.21. The highest BCUT2D eigenvalue weighted by atomic mass is 19.1. The van der Waals surface area contributed by atoms with Crippen LogP contribution in [0, 0.1) is 5.82 Å². The molecule has 1 heterocycles. The summed E-state index contributed by atoms with van der Waals surface area (Å²) in [6, 6.07) is 7.79. The third-order valence-electron chi connectivity index (χ3n) is 2.01. The van der Waals surface area contributed by atoms with Crippen LogP contribution in [0.4, 0.5) is 16.0 Å². The molecule has 0 bridgehead atoms. The predicted molar refractivity (Wildman–Crippen MR) is 56.3 cm³/mol. The molecule has 0 radical (unpaired) electrons. The summed E-state index contributed by atoms with van der Waals surface area (Å²) >= 11 is 0. The molecule has 0 saturated carbocycles. The van der Waals surface area contributed by atoms with Gasteiger partial charge in [0.15, 0.2) is 5.82 Å². The quantitative estimate of drug-likeness (QED) is 0.736. The zero-order valence-electron chi connectivity index (χ0n) is 7.81. The third kappa shape index (κ3) is 1.71. The molecule has 0 aliphatic rings. The summed E-state index contributed by atoms with van der Waals surface area (Å²) < 4.78 is 13.4. The van der Waals surface area contributed by atoms with Gasteiger partial charge >= 0.3 is 0 Å². The number of aromatic nitrogens is 2. The highest BCUT2D eigenvalue weighted by Crippen LogP contribution is 2.27. The summed E-state index contributed by atoms with van der Waals surface area (Å²) in [6.07, 6.45) is 0. The zero-order chi connectivity index (χ0) is 10.8. The van der Waals surface area contributed by atoms with Crippen LogP contribution in [-0.2, 0) is 0 Å². The summed E-state index contributed by atoms with van der Waals surface area (Å²) in [5.41, 5.74) is 11.9. The van der Waals surface area contributed by atoms with Crippen LogP contribution < -0.4 is 11.5 Å². The first-order chi connectivity index (χ1) is 7.18. The summed E-state index contributed by atoms with van der Waals surface area (Å²) in [6.45, 7) is 0. The fourth-order valence-electron chi connectivity index (χ4n) is 1.31. The Bertz CT molecular complexity index is 499. The van der Waals surface area contributed by atoms with Gasteiger partial charge in [0.2, 0.25) is 0 Å². The van der Waals surface area contributed by atoms with Gasteiger partial charge in [0.25, 0.3) is 0 Å². The lowest BCUT2D eigenvalue weighted by Gasteiger charge is -2.05. The van der Waals surface area contributed by atoms with E-state index in [1.165, 1.54) is 12.1 Å². The number of hydrogen-bond acceptors (Lipinski definition) is 4. The minimum absolute atomic E-state index is 0.161. The topological polar surface area (TPSA) is 77.8 Å². The van der Waals surface area contributed by atoms with E-state index in [0.29, 0.717) is 11.1 Å². The molecule has 0 aliphatic carbocycles. The Labute approximate surface area is 85.7 Å². The molecule has 0 amide bonds. The number of nitrogens with two attached hydrogens (primary N) is 2. The van der Waals surface area contributed by atoms with Crippen molar-refractivity contribution in [2.45, 2.75) is 0 Å². The number of anilines is 2. The fourth-order valence-corrected chi connectivity index (χ4v) is 1.31. The molecule has 0 aliphatic heterocycles. The monoisotopic (exact) mass is 204 g/mol. The van der Waals surface area contributed by atoms with Gasteiger partial charge in [0, 0.05) is 11.1 Å². The Kier molecular flexibility index (Phi) is 2.21. The molecule has 0 fully saturated rings. The van der Waals surface area contributed by atoms with E-state index in [-0.39, 0.29) is 17.5 Å². The maximum absolute atomic E-state index is 13.4. The molecule has 1 aromatic carbocycles. The molecule has 0 spiro atoms. The van der Waals surface area contributed by atoms with Crippen molar-refractivity contribution in [3.05, 3.63) is 36.1 Å².